The molecule has 8 heteroatoms. The molecule has 0 aliphatic carbocycles. The van der Waals surface area contributed by atoms with Crippen LogP contribution >= 0.6 is 47.0 Å². The largest absolute Gasteiger partial charge is 0.339 e. The maximum atomic E-state index is 11.7. The fourth-order valence-electron chi connectivity index (χ4n) is 1.66. The Bertz CT molecular complexity index is 534. The Labute approximate surface area is 150 Å². The highest BCUT2D eigenvalue weighted by Gasteiger charge is 2.34. The van der Waals surface area contributed by atoms with Crippen molar-refractivity contribution in [3.63, 3.8) is 0 Å². The Kier molecular flexibility index (Phi) is 7.69. The smallest absolute Gasteiger partial charge is 0.228 e. The average molecular weight is 383 g/mol. The lowest BCUT2D eigenvalue weighted by Crippen LogP contribution is -2.56. The van der Waals surface area contributed by atoms with Gasteiger partial charge in [-0.25, -0.2) is 0 Å². The first-order chi connectivity index (χ1) is 10.2. The van der Waals surface area contributed by atoms with Crippen molar-refractivity contribution >= 4 is 63.7 Å². The third-order valence-corrected chi connectivity index (χ3v) is 3.65. The highest BCUT2D eigenvalue weighted by molar-refractivity contribution is 7.80. The van der Waals surface area contributed by atoms with E-state index in [1.807, 2.05) is 38.1 Å². The number of amides is 1. The van der Waals surface area contributed by atoms with Crippen molar-refractivity contribution in [3.8, 4) is 0 Å². The minimum absolute atomic E-state index is 0.218. The average Bonchev–Trinajstić information content (AvgIpc) is 2.40. The van der Waals surface area contributed by atoms with Crippen molar-refractivity contribution in [2.45, 2.75) is 36.6 Å². The van der Waals surface area contributed by atoms with Crippen molar-refractivity contribution in [1.29, 1.82) is 0 Å². The van der Waals surface area contributed by atoms with Gasteiger partial charge in [0.1, 0.15) is 6.17 Å². The van der Waals surface area contributed by atoms with Gasteiger partial charge in [-0.2, -0.15) is 0 Å². The normalized spacial score (nSPS) is 12.4. The minimum Gasteiger partial charge on any atom is -0.339 e. The van der Waals surface area contributed by atoms with Gasteiger partial charge in [-0.15, -0.1) is 0 Å². The number of aryl methyl sites for hydroxylation is 1. The van der Waals surface area contributed by atoms with Gasteiger partial charge in [0.25, 0.3) is 0 Å². The number of carbonyl (C=O) groups is 1. The lowest BCUT2D eigenvalue weighted by molar-refractivity contribution is -0.121. The van der Waals surface area contributed by atoms with E-state index >= 15 is 0 Å². The zero-order chi connectivity index (χ0) is 16.8. The number of alkyl halides is 3. The SMILES string of the molecule is CCCC(=O)N[C@H](NC(=S)Nc1ccccc1C)C(Cl)(Cl)Cl. The molecule has 0 aliphatic heterocycles. The molecule has 3 N–H and O–H groups in total. The molecule has 0 radical (unpaired) electrons. The quantitative estimate of drug-likeness (QED) is 0.411. The van der Waals surface area contributed by atoms with Gasteiger partial charge in [-0.3, -0.25) is 4.79 Å². The molecule has 0 saturated carbocycles. The summed E-state index contributed by atoms with van der Waals surface area (Å²) in [5, 5.41) is 8.69. The van der Waals surface area contributed by atoms with Crippen LogP contribution in [0.4, 0.5) is 5.69 Å². The number of rotatable bonds is 5. The molecule has 1 amide bonds. The van der Waals surface area contributed by atoms with Crippen LogP contribution in [-0.2, 0) is 4.79 Å². The second-order valence-electron chi connectivity index (χ2n) is 4.71. The Morgan fingerprint density at radius 3 is 2.45 bits per heavy atom. The Morgan fingerprint density at radius 2 is 1.91 bits per heavy atom. The van der Waals surface area contributed by atoms with E-state index in [9.17, 15) is 4.79 Å². The molecule has 0 aliphatic rings. The molecule has 0 unspecified atom stereocenters. The number of anilines is 1. The molecule has 0 spiro atoms. The van der Waals surface area contributed by atoms with Crippen LogP contribution in [0.1, 0.15) is 25.3 Å². The van der Waals surface area contributed by atoms with E-state index in [4.69, 9.17) is 47.0 Å². The zero-order valence-corrected chi connectivity index (χ0v) is 15.3. The predicted octanol–water partition coefficient (Wildman–Crippen LogP) is 3.89. The Hall–Kier alpha value is -0.750. The first kappa shape index (κ1) is 19.3. The fourth-order valence-corrected chi connectivity index (χ4v) is 2.22. The van der Waals surface area contributed by atoms with Gasteiger partial charge in [0.05, 0.1) is 0 Å². The fraction of sp³-hybridized carbons (Fsp3) is 0.429. The van der Waals surface area contributed by atoms with Gasteiger partial charge in [0, 0.05) is 12.1 Å². The summed E-state index contributed by atoms with van der Waals surface area (Å²) in [5.74, 6) is -0.218. The number of nitrogens with one attached hydrogen (secondary N) is 3. The van der Waals surface area contributed by atoms with Crippen molar-refractivity contribution in [1.82, 2.24) is 10.6 Å². The summed E-state index contributed by atoms with van der Waals surface area (Å²) in [6, 6.07) is 7.63. The molecule has 1 aromatic rings. The summed E-state index contributed by atoms with van der Waals surface area (Å²) in [6.45, 7) is 3.84. The van der Waals surface area contributed by atoms with Gasteiger partial charge >= 0.3 is 0 Å². The molecular weight excluding hydrogens is 365 g/mol. The Balaban J connectivity index is 2.71. The van der Waals surface area contributed by atoms with Gasteiger partial charge in [-0.05, 0) is 37.2 Å². The summed E-state index contributed by atoms with van der Waals surface area (Å²) in [5.41, 5.74) is 1.86. The van der Waals surface area contributed by atoms with Crippen LogP contribution < -0.4 is 16.0 Å². The first-order valence-electron chi connectivity index (χ1n) is 6.73. The van der Waals surface area contributed by atoms with Crippen molar-refractivity contribution in [3.05, 3.63) is 29.8 Å². The maximum Gasteiger partial charge on any atom is 0.228 e. The van der Waals surface area contributed by atoms with Gasteiger partial charge in [0.15, 0.2) is 5.11 Å². The molecule has 1 atom stereocenters. The number of halogens is 3. The van der Waals surface area contributed by atoms with E-state index in [0.29, 0.717) is 12.8 Å². The summed E-state index contributed by atoms with van der Waals surface area (Å²) >= 11 is 22.9. The molecule has 0 heterocycles. The highest BCUT2D eigenvalue weighted by Crippen LogP contribution is 2.29. The molecule has 22 heavy (non-hydrogen) atoms. The third-order valence-electron chi connectivity index (χ3n) is 2.78. The molecule has 1 aromatic carbocycles. The van der Waals surface area contributed by atoms with Crippen LogP contribution in [-0.4, -0.2) is 21.0 Å². The number of hydrogen-bond donors (Lipinski definition) is 3. The Morgan fingerprint density at radius 1 is 1.27 bits per heavy atom. The van der Waals surface area contributed by atoms with Gasteiger partial charge in [0.2, 0.25) is 9.70 Å². The third kappa shape index (κ3) is 6.57. The number of benzene rings is 1. The molecule has 4 nitrogen and oxygen atoms in total. The number of para-hydroxylation sites is 1. The van der Waals surface area contributed by atoms with Crippen LogP contribution in [0, 0.1) is 6.92 Å². The monoisotopic (exact) mass is 381 g/mol. The van der Waals surface area contributed by atoms with Gasteiger partial charge in [-0.1, -0.05) is 59.9 Å². The minimum atomic E-state index is -1.74. The lowest BCUT2D eigenvalue weighted by atomic mass is 10.2. The van der Waals surface area contributed by atoms with E-state index in [1.165, 1.54) is 0 Å². The number of hydrogen-bond acceptors (Lipinski definition) is 2. The van der Waals surface area contributed by atoms with Crippen molar-refractivity contribution < 1.29 is 4.79 Å². The molecule has 0 fully saturated rings. The lowest BCUT2D eigenvalue weighted by Gasteiger charge is -2.28. The van der Waals surface area contributed by atoms with Crippen molar-refractivity contribution in [2.24, 2.45) is 0 Å². The van der Waals surface area contributed by atoms with Gasteiger partial charge < -0.3 is 16.0 Å². The van der Waals surface area contributed by atoms with Crippen molar-refractivity contribution in [2.75, 3.05) is 5.32 Å². The number of carbonyl (C=O) groups excluding carboxylic acids is 1. The van der Waals surface area contributed by atoms with E-state index in [2.05, 4.69) is 16.0 Å². The second-order valence-corrected chi connectivity index (χ2v) is 7.48. The second kappa shape index (κ2) is 8.77. The first-order valence-corrected chi connectivity index (χ1v) is 8.27. The van der Waals surface area contributed by atoms with E-state index in [0.717, 1.165) is 11.3 Å². The predicted molar refractivity (Wildman–Crippen MR) is 97.7 cm³/mol. The molecule has 0 bridgehead atoms. The van der Waals surface area contributed by atoms with E-state index < -0.39 is 9.96 Å². The molecule has 0 saturated heterocycles. The zero-order valence-electron chi connectivity index (χ0n) is 12.3. The standard InChI is InChI=1S/C14H18Cl3N3OS/c1-3-6-11(21)19-12(14(15,16)17)20-13(22)18-10-8-5-4-7-9(10)2/h4-5,7-8,12H,3,6H2,1-2H3,(H,19,21)(H2,18,20,22)/t12-/m1/s1. The molecule has 0 aromatic heterocycles. The molecule has 1 rings (SSSR count). The van der Waals surface area contributed by atoms with Crippen LogP contribution in [0.3, 0.4) is 0 Å². The van der Waals surface area contributed by atoms with Crippen LogP contribution in [0.5, 0.6) is 0 Å². The summed E-state index contributed by atoms with van der Waals surface area (Å²) in [4.78, 5) is 11.7. The summed E-state index contributed by atoms with van der Waals surface area (Å²) in [6.07, 6.45) is 0.113. The van der Waals surface area contributed by atoms with Crippen LogP contribution in [0.15, 0.2) is 24.3 Å². The molecular formula is C14H18Cl3N3OS. The maximum absolute atomic E-state index is 11.7. The number of thiocarbonyl (C=S) groups is 1. The van der Waals surface area contributed by atoms with E-state index in [1.54, 1.807) is 0 Å². The summed E-state index contributed by atoms with van der Waals surface area (Å²) < 4.78 is -1.74. The van der Waals surface area contributed by atoms with Crippen LogP contribution in [0.25, 0.3) is 0 Å². The van der Waals surface area contributed by atoms with E-state index in [-0.39, 0.29) is 11.0 Å². The summed E-state index contributed by atoms with van der Waals surface area (Å²) in [7, 11) is 0. The topological polar surface area (TPSA) is 53.2 Å². The molecule has 122 valence electrons. The highest BCUT2D eigenvalue weighted by atomic mass is 35.6. The van der Waals surface area contributed by atoms with Crippen LogP contribution in [0.2, 0.25) is 0 Å².